The average molecular weight is 263 g/mol. The maximum atomic E-state index is 11.2. The molecule has 0 aliphatic carbocycles. The number of carbonyl (C=O) groups is 1. The molecular formula is C12H13N3O2S. The standard InChI is InChI=1S/C12H13N3O2S/c1-8-3-4-9(5-13-8)6-14-12-15-10(7-18-12)11(16)17-2/h3-5,7H,6H2,1-2H3,(H,14,15). The number of hydrogen-bond donors (Lipinski definition) is 1. The van der Waals surface area contributed by atoms with Crippen LogP contribution < -0.4 is 5.32 Å². The van der Waals surface area contributed by atoms with E-state index in [1.165, 1.54) is 18.4 Å². The van der Waals surface area contributed by atoms with E-state index in [1.54, 1.807) is 5.38 Å². The molecule has 0 aliphatic rings. The van der Waals surface area contributed by atoms with Crippen molar-refractivity contribution in [1.29, 1.82) is 0 Å². The minimum Gasteiger partial charge on any atom is -0.464 e. The van der Waals surface area contributed by atoms with Gasteiger partial charge in [0.05, 0.1) is 7.11 Å². The molecule has 0 fully saturated rings. The monoisotopic (exact) mass is 263 g/mol. The Bertz CT molecular complexity index is 537. The first-order chi connectivity index (χ1) is 8.69. The first-order valence-corrected chi connectivity index (χ1v) is 6.26. The Morgan fingerprint density at radius 1 is 1.50 bits per heavy atom. The Morgan fingerprint density at radius 2 is 2.33 bits per heavy atom. The third kappa shape index (κ3) is 3.04. The summed E-state index contributed by atoms with van der Waals surface area (Å²) in [7, 11) is 1.34. The second-order valence-electron chi connectivity index (χ2n) is 3.69. The van der Waals surface area contributed by atoms with E-state index >= 15 is 0 Å². The highest BCUT2D eigenvalue weighted by Crippen LogP contribution is 2.16. The van der Waals surface area contributed by atoms with E-state index in [0.717, 1.165) is 11.3 Å². The van der Waals surface area contributed by atoms with Crippen LogP contribution in [0.5, 0.6) is 0 Å². The van der Waals surface area contributed by atoms with Crippen LogP contribution in [-0.2, 0) is 11.3 Å². The van der Waals surface area contributed by atoms with Gasteiger partial charge in [-0.25, -0.2) is 9.78 Å². The number of aryl methyl sites for hydroxylation is 1. The van der Waals surface area contributed by atoms with Crippen molar-refractivity contribution in [3.05, 3.63) is 40.7 Å². The van der Waals surface area contributed by atoms with Crippen LogP contribution in [0.3, 0.4) is 0 Å². The van der Waals surface area contributed by atoms with Crippen LogP contribution >= 0.6 is 11.3 Å². The van der Waals surface area contributed by atoms with Gasteiger partial charge in [0.2, 0.25) is 0 Å². The van der Waals surface area contributed by atoms with Crippen molar-refractivity contribution in [2.24, 2.45) is 0 Å². The summed E-state index contributed by atoms with van der Waals surface area (Å²) < 4.78 is 4.59. The van der Waals surface area contributed by atoms with Gasteiger partial charge in [0.25, 0.3) is 0 Å². The molecule has 0 saturated carbocycles. The van der Waals surface area contributed by atoms with Crippen molar-refractivity contribution in [2.75, 3.05) is 12.4 Å². The minimum absolute atomic E-state index is 0.326. The molecule has 1 N–H and O–H groups in total. The van der Waals surface area contributed by atoms with Gasteiger partial charge < -0.3 is 10.1 Å². The lowest BCUT2D eigenvalue weighted by Crippen LogP contribution is -2.03. The molecule has 0 aromatic carbocycles. The van der Waals surface area contributed by atoms with Crippen molar-refractivity contribution in [1.82, 2.24) is 9.97 Å². The maximum absolute atomic E-state index is 11.2. The molecule has 0 aliphatic heterocycles. The van der Waals surface area contributed by atoms with Crippen LogP contribution in [0.4, 0.5) is 5.13 Å². The summed E-state index contributed by atoms with van der Waals surface area (Å²) in [5, 5.41) is 5.50. The highest BCUT2D eigenvalue weighted by Gasteiger charge is 2.10. The first kappa shape index (κ1) is 12.5. The SMILES string of the molecule is COC(=O)c1csc(NCc2ccc(C)nc2)n1. The number of rotatable bonds is 4. The zero-order chi connectivity index (χ0) is 13.0. The van der Waals surface area contributed by atoms with E-state index in [4.69, 9.17) is 0 Å². The van der Waals surface area contributed by atoms with Crippen molar-refractivity contribution in [3.8, 4) is 0 Å². The van der Waals surface area contributed by atoms with Crippen molar-refractivity contribution < 1.29 is 9.53 Å². The number of anilines is 1. The number of pyridine rings is 1. The third-order valence-corrected chi connectivity index (χ3v) is 3.12. The number of nitrogens with zero attached hydrogens (tertiary/aromatic N) is 2. The fourth-order valence-corrected chi connectivity index (χ4v) is 2.01. The van der Waals surface area contributed by atoms with Gasteiger partial charge in [-0.15, -0.1) is 11.3 Å². The molecule has 0 unspecified atom stereocenters. The molecule has 0 saturated heterocycles. The van der Waals surface area contributed by atoms with Gasteiger partial charge in [-0.3, -0.25) is 4.98 Å². The normalized spacial score (nSPS) is 10.1. The van der Waals surface area contributed by atoms with Gasteiger partial charge in [-0.05, 0) is 18.6 Å². The lowest BCUT2D eigenvalue weighted by molar-refractivity contribution is 0.0595. The number of ether oxygens (including phenoxy) is 1. The minimum atomic E-state index is -0.420. The largest absolute Gasteiger partial charge is 0.464 e. The van der Waals surface area contributed by atoms with E-state index in [1.807, 2.05) is 25.3 Å². The van der Waals surface area contributed by atoms with Gasteiger partial charge in [0.15, 0.2) is 10.8 Å². The Labute approximate surface area is 109 Å². The summed E-state index contributed by atoms with van der Waals surface area (Å²) in [6, 6.07) is 3.96. The van der Waals surface area contributed by atoms with Crippen LogP contribution in [0.1, 0.15) is 21.7 Å². The molecule has 94 valence electrons. The molecule has 0 radical (unpaired) electrons. The third-order valence-electron chi connectivity index (χ3n) is 2.32. The molecule has 18 heavy (non-hydrogen) atoms. The molecule has 2 aromatic rings. The molecule has 2 heterocycles. The smallest absolute Gasteiger partial charge is 0.357 e. The summed E-state index contributed by atoms with van der Waals surface area (Å²) in [4.78, 5) is 19.6. The summed E-state index contributed by atoms with van der Waals surface area (Å²) in [5.41, 5.74) is 2.38. The van der Waals surface area contributed by atoms with Gasteiger partial charge in [0, 0.05) is 23.8 Å². The fourth-order valence-electron chi connectivity index (χ4n) is 1.33. The number of nitrogens with one attached hydrogen (secondary N) is 1. The average Bonchev–Trinajstić information content (AvgIpc) is 2.86. The zero-order valence-electron chi connectivity index (χ0n) is 10.1. The summed E-state index contributed by atoms with van der Waals surface area (Å²) >= 11 is 1.37. The van der Waals surface area contributed by atoms with Crippen LogP contribution in [0.2, 0.25) is 0 Å². The molecule has 0 spiro atoms. The van der Waals surface area contributed by atoms with E-state index in [2.05, 4.69) is 20.0 Å². The predicted molar refractivity (Wildman–Crippen MR) is 69.8 cm³/mol. The molecule has 6 heteroatoms. The van der Waals surface area contributed by atoms with Gasteiger partial charge in [-0.2, -0.15) is 0 Å². The number of methoxy groups -OCH3 is 1. The van der Waals surface area contributed by atoms with E-state index in [0.29, 0.717) is 17.4 Å². The molecular weight excluding hydrogens is 250 g/mol. The number of esters is 1. The number of aromatic nitrogens is 2. The second-order valence-corrected chi connectivity index (χ2v) is 4.55. The Morgan fingerprint density at radius 3 is 3.00 bits per heavy atom. The van der Waals surface area contributed by atoms with Crippen LogP contribution in [0, 0.1) is 6.92 Å². The van der Waals surface area contributed by atoms with E-state index < -0.39 is 5.97 Å². The van der Waals surface area contributed by atoms with Crippen LogP contribution in [0.15, 0.2) is 23.7 Å². The Hall–Kier alpha value is -1.95. The second kappa shape index (κ2) is 5.59. The molecule has 0 atom stereocenters. The molecule has 5 nitrogen and oxygen atoms in total. The predicted octanol–water partition coefficient (Wildman–Crippen LogP) is 2.25. The lowest BCUT2D eigenvalue weighted by Gasteiger charge is -2.02. The quantitative estimate of drug-likeness (QED) is 0.857. The molecule has 0 amide bonds. The first-order valence-electron chi connectivity index (χ1n) is 5.38. The Balaban J connectivity index is 1.96. The van der Waals surface area contributed by atoms with Gasteiger partial charge in [-0.1, -0.05) is 6.07 Å². The van der Waals surface area contributed by atoms with E-state index in [-0.39, 0.29) is 0 Å². The van der Waals surface area contributed by atoms with Crippen molar-refractivity contribution in [3.63, 3.8) is 0 Å². The highest BCUT2D eigenvalue weighted by molar-refractivity contribution is 7.13. The Kier molecular flexibility index (Phi) is 3.88. The van der Waals surface area contributed by atoms with Gasteiger partial charge >= 0.3 is 5.97 Å². The van der Waals surface area contributed by atoms with Gasteiger partial charge in [0.1, 0.15) is 0 Å². The summed E-state index contributed by atoms with van der Waals surface area (Å²) in [5.74, 6) is -0.420. The van der Waals surface area contributed by atoms with Crippen LogP contribution in [0.25, 0.3) is 0 Å². The van der Waals surface area contributed by atoms with Crippen LogP contribution in [-0.4, -0.2) is 23.0 Å². The maximum Gasteiger partial charge on any atom is 0.357 e. The molecule has 2 aromatic heterocycles. The number of thiazole rings is 1. The number of hydrogen-bond acceptors (Lipinski definition) is 6. The summed E-state index contributed by atoms with van der Waals surface area (Å²) in [6.45, 7) is 2.57. The fraction of sp³-hybridized carbons (Fsp3) is 0.250. The zero-order valence-corrected chi connectivity index (χ0v) is 11.0. The molecule has 0 bridgehead atoms. The summed E-state index contributed by atoms with van der Waals surface area (Å²) in [6.07, 6.45) is 1.82. The van der Waals surface area contributed by atoms with Crippen molar-refractivity contribution >= 4 is 22.4 Å². The van der Waals surface area contributed by atoms with E-state index in [9.17, 15) is 4.79 Å². The topological polar surface area (TPSA) is 64.1 Å². The number of carbonyl (C=O) groups excluding carboxylic acids is 1. The van der Waals surface area contributed by atoms with Crippen molar-refractivity contribution in [2.45, 2.75) is 13.5 Å². The molecule has 2 rings (SSSR count). The lowest BCUT2D eigenvalue weighted by atomic mass is 10.2. The highest BCUT2D eigenvalue weighted by atomic mass is 32.1.